The van der Waals surface area contributed by atoms with E-state index in [9.17, 15) is 0 Å². The predicted molar refractivity (Wildman–Crippen MR) is 68.1 cm³/mol. The van der Waals surface area contributed by atoms with E-state index in [1.807, 2.05) is 24.3 Å². The second kappa shape index (κ2) is 4.29. The molecule has 0 amide bonds. The Balaban J connectivity index is 2.54. The van der Waals surface area contributed by atoms with Crippen molar-refractivity contribution in [3.63, 3.8) is 0 Å². The zero-order valence-corrected chi connectivity index (χ0v) is 10.8. The third-order valence-corrected chi connectivity index (χ3v) is 2.93. The Kier molecular flexibility index (Phi) is 3.01. The van der Waals surface area contributed by atoms with Crippen LogP contribution in [0.15, 0.2) is 33.3 Å². The average Bonchev–Trinajstić information content (AvgIpc) is 2.62. The summed E-state index contributed by atoms with van der Waals surface area (Å²) in [5, 5.41) is 3.83. The summed E-state index contributed by atoms with van der Waals surface area (Å²) in [5.74, 6) is 1.55. The molecule has 0 bridgehead atoms. The van der Waals surface area contributed by atoms with Gasteiger partial charge in [-0.3, -0.25) is 0 Å². The first-order valence-electron chi connectivity index (χ1n) is 5.10. The lowest BCUT2D eigenvalue weighted by atomic mass is 10.0. The summed E-state index contributed by atoms with van der Waals surface area (Å²) in [7, 11) is 0. The van der Waals surface area contributed by atoms with Gasteiger partial charge in [0, 0.05) is 10.4 Å². The summed E-state index contributed by atoms with van der Waals surface area (Å²) in [6.07, 6.45) is 0. The first kappa shape index (κ1) is 11.2. The lowest BCUT2D eigenvalue weighted by Gasteiger charge is -2.04. The summed E-state index contributed by atoms with van der Waals surface area (Å²) in [6.45, 7) is 4.12. The minimum absolute atomic E-state index is 0.267. The fourth-order valence-corrected chi connectivity index (χ4v) is 1.88. The fourth-order valence-electron chi connectivity index (χ4n) is 1.62. The maximum atomic E-state index is 5.83. The fraction of sp³-hybridized carbons (Fsp3) is 0.250. The Labute approximate surface area is 103 Å². The van der Waals surface area contributed by atoms with Gasteiger partial charge in [-0.2, -0.15) is 0 Å². The van der Waals surface area contributed by atoms with Gasteiger partial charge in [0.25, 0.3) is 0 Å². The molecule has 0 aliphatic heterocycles. The number of nitrogens with zero attached hydrogens (tertiary/aromatic N) is 1. The van der Waals surface area contributed by atoms with Gasteiger partial charge in [0.15, 0.2) is 5.82 Å². The van der Waals surface area contributed by atoms with Gasteiger partial charge in [0.1, 0.15) is 5.76 Å². The molecule has 16 heavy (non-hydrogen) atoms. The molecule has 0 fully saturated rings. The molecule has 0 saturated carbocycles. The lowest BCUT2D eigenvalue weighted by Crippen LogP contribution is -1.92. The van der Waals surface area contributed by atoms with Crippen LogP contribution in [0.25, 0.3) is 11.1 Å². The van der Waals surface area contributed by atoms with Crippen LogP contribution in [0.2, 0.25) is 0 Å². The van der Waals surface area contributed by atoms with Crippen molar-refractivity contribution >= 4 is 21.7 Å². The van der Waals surface area contributed by atoms with Gasteiger partial charge in [-0.05, 0) is 17.7 Å². The quantitative estimate of drug-likeness (QED) is 0.910. The number of rotatable bonds is 2. The summed E-state index contributed by atoms with van der Waals surface area (Å²) < 4.78 is 6.29. The monoisotopic (exact) mass is 280 g/mol. The van der Waals surface area contributed by atoms with Crippen LogP contribution < -0.4 is 5.73 Å². The molecule has 1 aromatic carbocycles. The molecule has 1 heterocycles. The molecule has 0 unspecified atom stereocenters. The van der Waals surface area contributed by atoms with Crippen molar-refractivity contribution < 1.29 is 4.52 Å². The van der Waals surface area contributed by atoms with Crippen LogP contribution in [0.3, 0.4) is 0 Å². The molecule has 2 N–H and O–H groups in total. The van der Waals surface area contributed by atoms with E-state index < -0.39 is 0 Å². The summed E-state index contributed by atoms with van der Waals surface area (Å²) >= 11 is 3.40. The van der Waals surface area contributed by atoms with Crippen molar-refractivity contribution in [3.8, 4) is 11.1 Å². The Morgan fingerprint density at radius 1 is 1.25 bits per heavy atom. The molecule has 3 nitrogen and oxygen atoms in total. The predicted octanol–water partition coefficient (Wildman–Crippen LogP) is 3.81. The van der Waals surface area contributed by atoms with Crippen LogP contribution in [-0.2, 0) is 0 Å². The van der Waals surface area contributed by atoms with E-state index in [2.05, 4.69) is 34.9 Å². The van der Waals surface area contributed by atoms with Gasteiger partial charge < -0.3 is 10.3 Å². The maximum absolute atomic E-state index is 5.83. The lowest BCUT2D eigenvalue weighted by molar-refractivity contribution is 0.374. The van der Waals surface area contributed by atoms with E-state index >= 15 is 0 Å². The summed E-state index contributed by atoms with van der Waals surface area (Å²) in [5.41, 5.74) is 7.77. The molecule has 0 saturated heterocycles. The highest BCUT2D eigenvalue weighted by Crippen LogP contribution is 2.34. The number of nitrogens with two attached hydrogens (primary N) is 1. The van der Waals surface area contributed by atoms with Crippen molar-refractivity contribution in [2.45, 2.75) is 19.8 Å². The van der Waals surface area contributed by atoms with E-state index in [4.69, 9.17) is 10.3 Å². The Hall–Kier alpha value is -1.29. The summed E-state index contributed by atoms with van der Waals surface area (Å²) in [6, 6.07) is 7.95. The van der Waals surface area contributed by atoms with E-state index in [1.54, 1.807) is 0 Å². The average molecular weight is 281 g/mol. The summed E-state index contributed by atoms with van der Waals surface area (Å²) in [4.78, 5) is 0. The van der Waals surface area contributed by atoms with Gasteiger partial charge in [0.05, 0.1) is 5.56 Å². The third kappa shape index (κ3) is 1.97. The molecular formula is C12H13BrN2O. The smallest absolute Gasteiger partial charge is 0.175 e. The molecule has 0 aliphatic rings. The van der Waals surface area contributed by atoms with Crippen molar-refractivity contribution in [3.05, 3.63) is 34.5 Å². The van der Waals surface area contributed by atoms with Gasteiger partial charge >= 0.3 is 0 Å². The number of hydrogen-bond donors (Lipinski definition) is 1. The van der Waals surface area contributed by atoms with E-state index in [-0.39, 0.29) is 5.92 Å². The second-order valence-electron chi connectivity index (χ2n) is 3.97. The minimum atomic E-state index is 0.267. The molecule has 4 heteroatoms. The van der Waals surface area contributed by atoms with Crippen molar-refractivity contribution in [1.29, 1.82) is 0 Å². The van der Waals surface area contributed by atoms with Crippen LogP contribution in [0.5, 0.6) is 0 Å². The van der Waals surface area contributed by atoms with E-state index in [1.165, 1.54) is 0 Å². The molecule has 0 radical (unpaired) electrons. The van der Waals surface area contributed by atoms with Crippen LogP contribution in [0.4, 0.5) is 5.82 Å². The maximum Gasteiger partial charge on any atom is 0.175 e. The van der Waals surface area contributed by atoms with Gasteiger partial charge in [0.2, 0.25) is 0 Å². The molecule has 0 atom stereocenters. The number of anilines is 1. The van der Waals surface area contributed by atoms with Crippen LogP contribution in [0, 0.1) is 0 Å². The van der Waals surface area contributed by atoms with Crippen molar-refractivity contribution in [2.24, 2.45) is 0 Å². The largest absolute Gasteiger partial charge is 0.380 e. The third-order valence-electron chi connectivity index (χ3n) is 2.40. The van der Waals surface area contributed by atoms with Crippen molar-refractivity contribution in [1.82, 2.24) is 5.16 Å². The Bertz CT molecular complexity index is 488. The highest BCUT2D eigenvalue weighted by Gasteiger charge is 2.18. The van der Waals surface area contributed by atoms with E-state index in [0.29, 0.717) is 5.82 Å². The number of nitrogen functional groups attached to an aromatic ring is 1. The van der Waals surface area contributed by atoms with Gasteiger partial charge in [-0.25, -0.2) is 0 Å². The molecule has 84 valence electrons. The van der Waals surface area contributed by atoms with E-state index in [0.717, 1.165) is 21.4 Å². The molecule has 0 aliphatic carbocycles. The first-order chi connectivity index (χ1) is 7.59. The SMILES string of the molecule is CC(C)c1onc(N)c1-c1ccc(Br)cc1. The first-order valence-corrected chi connectivity index (χ1v) is 5.90. The minimum Gasteiger partial charge on any atom is -0.380 e. The highest BCUT2D eigenvalue weighted by molar-refractivity contribution is 9.10. The standard InChI is InChI=1S/C12H13BrN2O/c1-7(2)11-10(12(14)15-16-11)8-3-5-9(13)6-4-8/h3-7H,1-2H3,(H2,14,15). The number of aromatic nitrogens is 1. The Morgan fingerprint density at radius 2 is 1.88 bits per heavy atom. The molecule has 2 aromatic rings. The molecule has 1 aromatic heterocycles. The van der Waals surface area contributed by atoms with Gasteiger partial charge in [-0.15, -0.1) is 0 Å². The number of benzene rings is 1. The van der Waals surface area contributed by atoms with Crippen LogP contribution in [0.1, 0.15) is 25.5 Å². The molecular weight excluding hydrogens is 268 g/mol. The van der Waals surface area contributed by atoms with Gasteiger partial charge in [-0.1, -0.05) is 47.1 Å². The topological polar surface area (TPSA) is 52.0 Å². The molecule has 2 rings (SSSR count). The molecule has 0 spiro atoms. The van der Waals surface area contributed by atoms with Crippen LogP contribution >= 0.6 is 15.9 Å². The highest BCUT2D eigenvalue weighted by atomic mass is 79.9. The zero-order valence-electron chi connectivity index (χ0n) is 9.20. The number of hydrogen-bond acceptors (Lipinski definition) is 3. The van der Waals surface area contributed by atoms with Crippen LogP contribution in [-0.4, -0.2) is 5.16 Å². The normalized spacial score (nSPS) is 11.0. The Morgan fingerprint density at radius 3 is 2.44 bits per heavy atom. The van der Waals surface area contributed by atoms with Crippen molar-refractivity contribution in [2.75, 3.05) is 5.73 Å². The zero-order chi connectivity index (χ0) is 11.7. The number of halogens is 1. The second-order valence-corrected chi connectivity index (χ2v) is 4.88.